The highest BCUT2D eigenvalue weighted by Crippen LogP contribution is 2.35. The second-order valence-corrected chi connectivity index (χ2v) is 12.6. The van der Waals surface area contributed by atoms with Crippen LogP contribution in [0.1, 0.15) is 53.1 Å². The van der Waals surface area contributed by atoms with Gasteiger partial charge in [0.15, 0.2) is 0 Å². The summed E-state index contributed by atoms with van der Waals surface area (Å²) in [6.45, 7) is 6.40. The monoisotopic (exact) mass is 613 g/mol. The fourth-order valence-electron chi connectivity index (χ4n) is 4.77. The summed E-state index contributed by atoms with van der Waals surface area (Å²) in [4.78, 5) is 38.5. The number of hydrogen-bond acceptors (Lipinski definition) is 5. The van der Waals surface area contributed by atoms with Crippen LogP contribution in [0, 0.1) is 6.92 Å². The number of rotatable bonds is 13. The van der Waals surface area contributed by atoms with Crippen LogP contribution in [-0.4, -0.2) is 29.2 Å². The highest BCUT2D eigenvalue weighted by molar-refractivity contribution is 7.12. The largest absolute Gasteiger partial charge is 0.480 e. The van der Waals surface area contributed by atoms with Crippen LogP contribution in [0.15, 0.2) is 91.0 Å². The van der Waals surface area contributed by atoms with E-state index in [2.05, 4.69) is 35.9 Å². The molecule has 4 rings (SSSR count). The number of aliphatic carboxylic acids is 1. The molecule has 4 aromatic rings. The highest BCUT2D eigenvalue weighted by Gasteiger charge is 2.25. The van der Waals surface area contributed by atoms with Crippen LogP contribution >= 0.6 is 11.3 Å². The Labute approximate surface area is 262 Å². The Morgan fingerprint density at radius 1 is 0.864 bits per heavy atom. The molecule has 0 bridgehead atoms. The molecule has 0 fully saturated rings. The highest BCUT2D eigenvalue weighted by atomic mass is 32.1. The number of aryl methyl sites for hydroxylation is 2. The van der Waals surface area contributed by atoms with Crippen molar-refractivity contribution in [3.63, 3.8) is 0 Å². The predicted octanol–water partition coefficient (Wildman–Crippen LogP) is 7.92. The van der Waals surface area contributed by atoms with Crippen LogP contribution in [0.4, 0.5) is 21.0 Å². The zero-order valence-electron chi connectivity index (χ0n) is 25.3. The number of anilines is 2. The molecule has 0 saturated carbocycles. The van der Waals surface area contributed by atoms with E-state index in [1.165, 1.54) is 10.4 Å². The number of hydrogen-bond donors (Lipinski definition) is 4. The third kappa shape index (κ3) is 9.70. The van der Waals surface area contributed by atoms with Crippen molar-refractivity contribution in [3.05, 3.63) is 117 Å². The number of nitrogens with one attached hydrogen (secondary N) is 3. The topological polar surface area (TPSA) is 117 Å². The number of thiophene rings is 1. The van der Waals surface area contributed by atoms with Gasteiger partial charge in [-0.2, -0.15) is 0 Å². The van der Waals surface area contributed by atoms with E-state index in [1.54, 1.807) is 11.3 Å². The molecule has 0 spiro atoms. The van der Waals surface area contributed by atoms with Gasteiger partial charge in [0.05, 0.1) is 0 Å². The molecule has 44 heavy (non-hydrogen) atoms. The summed E-state index contributed by atoms with van der Waals surface area (Å²) in [6, 6.07) is 27.4. The second-order valence-electron chi connectivity index (χ2n) is 11.4. The molecule has 0 radical (unpaired) electrons. The summed E-state index contributed by atoms with van der Waals surface area (Å²) < 4.78 is 5.20. The lowest BCUT2D eigenvalue weighted by Crippen LogP contribution is -2.42. The van der Waals surface area contributed by atoms with Crippen molar-refractivity contribution in [2.24, 2.45) is 0 Å². The van der Waals surface area contributed by atoms with E-state index in [4.69, 9.17) is 4.74 Å². The maximum absolute atomic E-state index is 12.4. The summed E-state index contributed by atoms with van der Waals surface area (Å²) in [6.07, 6.45) is 2.23. The zero-order valence-corrected chi connectivity index (χ0v) is 26.1. The number of carboxylic acids is 1. The molecule has 3 aromatic carbocycles. The molecule has 9 heteroatoms. The first-order valence-electron chi connectivity index (χ1n) is 14.6. The fraction of sp³-hybridized carbons (Fsp3) is 0.286. The Hall–Kier alpha value is -4.63. The van der Waals surface area contributed by atoms with Gasteiger partial charge in [-0.15, -0.1) is 11.3 Å². The number of para-hydroxylation sites is 1. The summed E-state index contributed by atoms with van der Waals surface area (Å²) in [5, 5.41) is 17.9. The minimum Gasteiger partial charge on any atom is -0.480 e. The number of benzene rings is 3. The van der Waals surface area contributed by atoms with Gasteiger partial charge in [0, 0.05) is 27.5 Å². The first-order chi connectivity index (χ1) is 21.1. The first kappa shape index (κ1) is 32.3. The lowest BCUT2D eigenvalue weighted by atomic mass is 9.85. The third-order valence-corrected chi connectivity index (χ3v) is 8.88. The molecule has 3 amide bonds. The van der Waals surface area contributed by atoms with Gasteiger partial charge >= 0.3 is 18.1 Å². The lowest BCUT2D eigenvalue weighted by molar-refractivity contribution is -0.139. The number of carbonyl (C=O) groups is 3. The van der Waals surface area contributed by atoms with E-state index in [0.717, 1.165) is 46.6 Å². The van der Waals surface area contributed by atoms with Gasteiger partial charge in [-0.3, -0.25) is 0 Å². The molecule has 0 unspecified atom stereocenters. The van der Waals surface area contributed by atoms with E-state index in [-0.39, 0.29) is 24.5 Å². The summed E-state index contributed by atoms with van der Waals surface area (Å²) >= 11 is 1.58. The minimum atomic E-state index is -1.11. The van der Waals surface area contributed by atoms with Gasteiger partial charge in [-0.05, 0) is 78.6 Å². The van der Waals surface area contributed by atoms with E-state index in [9.17, 15) is 19.5 Å². The van der Waals surface area contributed by atoms with E-state index < -0.39 is 18.1 Å². The van der Waals surface area contributed by atoms with E-state index in [1.807, 2.05) is 91.9 Å². The lowest BCUT2D eigenvalue weighted by Gasteiger charge is -2.23. The molecule has 0 aliphatic carbocycles. The molecular weight excluding hydrogens is 574 g/mol. The van der Waals surface area contributed by atoms with Crippen LogP contribution < -0.4 is 16.0 Å². The van der Waals surface area contributed by atoms with Crippen LogP contribution in [0.25, 0.3) is 0 Å². The maximum Gasteiger partial charge on any atom is 0.408 e. The Morgan fingerprint density at radius 3 is 2.27 bits per heavy atom. The molecule has 0 saturated heterocycles. The summed E-state index contributed by atoms with van der Waals surface area (Å²) in [7, 11) is 0. The van der Waals surface area contributed by atoms with Gasteiger partial charge in [0.2, 0.25) is 0 Å². The number of amides is 3. The van der Waals surface area contributed by atoms with Crippen LogP contribution in [-0.2, 0) is 34.4 Å². The van der Waals surface area contributed by atoms with Crippen molar-refractivity contribution < 1.29 is 24.2 Å². The quantitative estimate of drug-likeness (QED) is 0.122. The van der Waals surface area contributed by atoms with Crippen molar-refractivity contribution in [2.75, 3.05) is 10.6 Å². The van der Waals surface area contributed by atoms with Crippen molar-refractivity contribution in [2.45, 2.75) is 64.5 Å². The number of alkyl carbamates (subject to hydrolysis) is 1. The number of ether oxygens (including phenoxy) is 1. The standard InChI is InChI=1S/C35H39N3O5S/c1-24-10-7-8-14-29(24)37-33(41)36-27-17-15-25(16-18-27)13-9-21-35(2,3)31-20-19-28(44-31)22-30(32(39)40)38-34(42)43-23-26-11-5-4-6-12-26/h4-8,10-12,14-20,30H,9,13,21-23H2,1-3H3,(H,38,42)(H,39,40)(H2,36,37,41)/t30-/m0/s1. The fourth-order valence-corrected chi connectivity index (χ4v) is 5.95. The van der Waals surface area contributed by atoms with Gasteiger partial charge in [-0.25, -0.2) is 14.4 Å². The molecule has 0 aliphatic rings. The van der Waals surface area contributed by atoms with Crippen molar-refractivity contribution in [1.82, 2.24) is 5.32 Å². The van der Waals surface area contributed by atoms with Gasteiger partial charge < -0.3 is 25.8 Å². The molecule has 4 N–H and O–H groups in total. The number of carboxylic acid groups (broad SMARTS) is 1. The Kier molecular flexibility index (Phi) is 11.2. The normalized spacial score (nSPS) is 11.8. The average molecular weight is 614 g/mol. The van der Waals surface area contributed by atoms with Crippen LogP contribution in [0.5, 0.6) is 0 Å². The third-order valence-electron chi connectivity index (χ3n) is 7.41. The Balaban J connectivity index is 1.23. The van der Waals surface area contributed by atoms with Gasteiger partial charge in [-0.1, -0.05) is 74.5 Å². The van der Waals surface area contributed by atoms with Crippen LogP contribution in [0.2, 0.25) is 0 Å². The minimum absolute atomic E-state index is 0.0725. The molecule has 230 valence electrons. The SMILES string of the molecule is Cc1ccccc1NC(=O)Nc1ccc(CCCC(C)(C)c2ccc(C[C@H](NC(=O)OCc3ccccc3)C(=O)O)s2)cc1. The second kappa shape index (κ2) is 15.2. The zero-order chi connectivity index (χ0) is 31.5. The van der Waals surface area contributed by atoms with E-state index >= 15 is 0 Å². The molecule has 1 heterocycles. The van der Waals surface area contributed by atoms with E-state index in [0.29, 0.717) is 0 Å². The van der Waals surface area contributed by atoms with Crippen LogP contribution in [0.3, 0.4) is 0 Å². The van der Waals surface area contributed by atoms with Gasteiger partial charge in [0.1, 0.15) is 12.6 Å². The van der Waals surface area contributed by atoms with Gasteiger partial charge in [0.25, 0.3) is 0 Å². The molecule has 1 atom stereocenters. The predicted molar refractivity (Wildman–Crippen MR) is 175 cm³/mol. The summed E-state index contributed by atoms with van der Waals surface area (Å²) in [5.74, 6) is -1.11. The number of urea groups is 1. The molecule has 1 aromatic heterocycles. The Morgan fingerprint density at radius 2 is 1.57 bits per heavy atom. The van der Waals surface area contributed by atoms with Crippen molar-refractivity contribution in [3.8, 4) is 0 Å². The van der Waals surface area contributed by atoms with Crippen molar-refractivity contribution in [1.29, 1.82) is 0 Å². The first-order valence-corrected chi connectivity index (χ1v) is 15.4. The number of carbonyl (C=O) groups excluding carboxylic acids is 2. The maximum atomic E-state index is 12.4. The average Bonchev–Trinajstić information content (AvgIpc) is 3.48. The molecule has 8 nitrogen and oxygen atoms in total. The smallest absolute Gasteiger partial charge is 0.408 e. The Bertz CT molecular complexity index is 1550. The van der Waals surface area contributed by atoms with Crippen molar-refractivity contribution >= 4 is 40.8 Å². The molecule has 0 aliphatic heterocycles. The summed E-state index contributed by atoms with van der Waals surface area (Å²) in [5.41, 5.74) is 4.42. The molecular formula is C35H39N3O5S.